The molecule has 0 saturated carbocycles. The Morgan fingerprint density at radius 1 is 1.33 bits per heavy atom. The van der Waals surface area contributed by atoms with Gasteiger partial charge in [0.15, 0.2) is 0 Å². The van der Waals surface area contributed by atoms with Crippen molar-refractivity contribution in [2.24, 2.45) is 5.84 Å². The van der Waals surface area contributed by atoms with E-state index in [1.807, 2.05) is 50.2 Å². The van der Waals surface area contributed by atoms with Crippen LogP contribution in [0.3, 0.4) is 0 Å². The van der Waals surface area contributed by atoms with E-state index in [1.54, 1.807) is 11.1 Å². The number of anilines is 1. The Balaban J connectivity index is 2.26. The Bertz CT molecular complexity index is 613. The molecule has 0 unspecified atom stereocenters. The van der Waals surface area contributed by atoms with Crippen molar-refractivity contribution in [3.05, 3.63) is 59.4 Å². The van der Waals surface area contributed by atoms with Gasteiger partial charge in [0.05, 0.1) is 23.5 Å². The summed E-state index contributed by atoms with van der Waals surface area (Å²) in [6.45, 7) is 4.99. The molecule has 0 radical (unpaired) electrons. The molecule has 2 rings (SSSR count). The maximum Gasteiger partial charge on any atom is 0.256 e. The second-order valence-electron chi connectivity index (χ2n) is 4.83. The van der Waals surface area contributed by atoms with Gasteiger partial charge in [-0.25, -0.2) is 0 Å². The summed E-state index contributed by atoms with van der Waals surface area (Å²) in [5, 5.41) is 0. The van der Waals surface area contributed by atoms with E-state index in [0.29, 0.717) is 24.3 Å². The van der Waals surface area contributed by atoms with Gasteiger partial charge in [0.2, 0.25) is 0 Å². The van der Waals surface area contributed by atoms with E-state index in [0.717, 1.165) is 11.3 Å². The largest absolute Gasteiger partial charge is 0.333 e. The Labute approximate surface area is 124 Å². The number of rotatable bonds is 5. The van der Waals surface area contributed by atoms with E-state index >= 15 is 0 Å². The van der Waals surface area contributed by atoms with Crippen molar-refractivity contribution in [1.29, 1.82) is 0 Å². The average molecular weight is 284 g/mol. The average Bonchev–Trinajstić information content (AvgIpc) is 2.53. The molecular weight excluding hydrogens is 264 g/mol. The molecule has 0 bridgehead atoms. The molecule has 0 saturated heterocycles. The number of nitrogens with zero attached hydrogens (tertiary/aromatic N) is 2. The minimum Gasteiger partial charge on any atom is -0.333 e. The van der Waals surface area contributed by atoms with Gasteiger partial charge in [-0.1, -0.05) is 17.7 Å². The van der Waals surface area contributed by atoms with Crippen LogP contribution < -0.4 is 11.3 Å². The maximum absolute atomic E-state index is 12.7. The minimum absolute atomic E-state index is 0.0557. The Morgan fingerprint density at radius 3 is 2.76 bits per heavy atom. The van der Waals surface area contributed by atoms with Crippen LogP contribution in [-0.2, 0) is 6.54 Å². The molecule has 110 valence electrons. The van der Waals surface area contributed by atoms with Gasteiger partial charge in [0, 0.05) is 12.7 Å². The number of pyridine rings is 1. The number of nitrogens with two attached hydrogens (primary N) is 1. The lowest BCUT2D eigenvalue weighted by molar-refractivity contribution is 0.0751. The Hall–Kier alpha value is -2.40. The number of carbonyl (C=O) groups excluding carboxylic acids is 1. The van der Waals surface area contributed by atoms with E-state index in [1.165, 1.54) is 0 Å². The quantitative estimate of drug-likeness (QED) is 0.653. The highest BCUT2D eigenvalue weighted by Crippen LogP contribution is 2.19. The zero-order valence-electron chi connectivity index (χ0n) is 12.3. The number of hydrogen-bond acceptors (Lipinski definition) is 4. The number of carbonyl (C=O) groups is 1. The van der Waals surface area contributed by atoms with Crippen molar-refractivity contribution >= 4 is 11.6 Å². The summed E-state index contributed by atoms with van der Waals surface area (Å²) in [7, 11) is 0. The van der Waals surface area contributed by atoms with Gasteiger partial charge in [-0.2, -0.15) is 0 Å². The molecule has 5 nitrogen and oxygen atoms in total. The summed E-state index contributed by atoms with van der Waals surface area (Å²) in [4.78, 5) is 18.7. The third-order valence-electron chi connectivity index (χ3n) is 3.31. The standard InChI is InChI=1S/C16H20N4O/c1-3-20(11-13-6-4-5-9-18-13)16(21)14-10-12(2)7-8-15(14)19-17/h4-10,19H,3,11,17H2,1-2H3. The topological polar surface area (TPSA) is 71.2 Å². The summed E-state index contributed by atoms with van der Waals surface area (Å²) < 4.78 is 0. The van der Waals surface area contributed by atoms with Crippen molar-refractivity contribution in [2.45, 2.75) is 20.4 Å². The molecule has 3 N–H and O–H groups in total. The van der Waals surface area contributed by atoms with Gasteiger partial charge in [-0.05, 0) is 38.1 Å². The van der Waals surface area contributed by atoms with Crippen molar-refractivity contribution in [2.75, 3.05) is 12.0 Å². The molecule has 0 fully saturated rings. The number of benzene rings is 1. The Kier molecular flexibility index (Phi) is 4.90. The highest BCUT2D eigenvalue weighted by Gasteiger charge is 2.18. The van der Waals surface area contributed by atoms with Gasteiger partial charge in [-0.3, -0.25) is 15.6 Å². The first-order valence-corrected chi connectivity index (χ1v) is 6.92. The van der Waals surface area contributed by atoms with Crippen molar-refractivity contribution < 1.29 is 4.79 Å². The van der Waals surface area contributed by atoms with E-state index in [2.05, 4.69) is 10.4 Å². The van der Waals surface area contributed by atoms with Gasteiger partial charge >= 0.3 is 0 Å². The third-order valence-corrected chi connectivity index (χ3v) is 3.31. The molecule has 0 atom stereocenters. The van der Waals surface area contributed by atoms with Crippen molar-refractivity contribution in [1.82, 2.24) is 9.88 Å². The van der Waals surface area contributed by atoms with Crippen molar-refractivity contribution in [3.63, 3.8) is 0 Å². The molecule has 0 spiro atoms. The van der Waals surface area contributed by atoms with E-state index < -0.39 is 0 Å². The zero-order chi connectivity index (χ0) is 15.2. The summed E-state index contributed by atoms with van der Waals surface area (Å²) >= 11 is 0. The molecule has 2 aromatic rings. The fourth-order valence-corrected chi connectivity index (χ4v) is 2.15. The number of hydrogen-bond donors (Lipinski definition) is 2. The number of hydrazine groups is 1. The summed E-state index contributed by atoms with van der Waals surface area (Å²) in [6, 6.07) is 11.3. The molecule has 0 aliphatic rings. The fourth-order valence-electron chi connectivity index (χ4n) is 2.15. The van der Waals surface area contributed by atoms with E-state index in [9.17, 15) is 4.79 Å². The van der Waals surface area contributed by atoms with Gasteiger partial charge in [-0.15, -0.1) is 0 Å². The van der Waals surface area contributed by atoms with Crippen LogP contribution in [0.1, 0.15) is 28.5 Å². The highest BCUT2D eigenvalue weighted by molar-refractivity contribution is 5.99. The lowest BCUT2D eigenvalue weighted by Crippen LogP contribution is -2.31. The minimum atomic E-state index is -0.0557. The molecule has 0 aliphatic carbocycles. The number of nitrogens with one attached hydrogen (secondary N) is 1. The predicted molar refractivity (Wildman–Crippen MR) is 83.6 cm³/mol. The second kappa shape index (κ2) is 6.85. The number of aromatic nitrogens is 1. The normalized spacial score (nSPS) is 10.2. The van der Waals surface area contributed by atoms with Crippen LogP contribution in [-0.4, -0.2) is 22.3 Å². The molecule has 1 aromatic heterocycles. The highest BCUT2D eigenvalue weighted by atomic mass is 16.2. The molecular formula is C16H20N4O. The van der Waals surface area contributed by atoms with Crippen LogP contribution in [0, 0.1) is 6.92 Å². The maximum atomic E-state index is 12.7. The monoisotopic (exact) mass is 284 g/mol. The third kappa shape index (κ3) is 3.58. The van der Waals surface area contributed by atoms with Crippen molar-refractivity contribution in [3.8, 4) is 0 Å². The fraction of sp³-hybridized carbons (Fsp3) is 0.250. The smallest absolute Gasteiger partial charge is 0.256 e. The first-order chi connectivity index (χ1) is 10.2. The summed E-state index contributed by atoms with van der Waals surface area (Å²) in [6.07, 6.45) is 1.73. The number of nitrogen functional groups attached to an aromatic ring is 1. The lowest BCUT2D eigenvalue weighted by Gasteiger charge is -2.22. The van der Waals surface area contributed by atoms with E-state index in [4.69, 9.17) is 5.84 Å². The zero-order valence-corrected chi connectivity index (χ0v) is 12.3. The predicted octanol–water partition coefficient (Wildman–Crippen LogP) is 2.34. The lowest BCUT2D eigenvalue weighted by atomic mass is 10.1. The van der Waals surface area contributed by atoms with Crippen LogP contribution >= 0.6 is 0 Å². The van der Waals surface area contributed by atoms with Crippen LogP contribution in [0.2, 0.25) is 0 Å². The van der Waals surface area contributed by atoms with Crippen LogP contribution in [0.4, 0.5) is 5.69 Å². The van der Waals surface area contributed by atoms with Gasteiger partial charge < -0.3 is 10.3 Å². The molecule has 5 heteroatoms. The second-order valence-corrected chi connectivity index (χ2v) is 4.83. The van der Waals surface area contributed by atoms with E-state index in [-0.39, 0.29) is 5.91 Å². The van der Waals surface area contributed by atoms with Gasteiger partial charge in [0.25, 0.3) is 5.91 Å². The molecule has 1 amide bonds. The Morgan fingerprint density at radius 2 is 2.14 bits per heavy atom. The summed E-state index contributed by atoms with van der Waals surface area (Å²) in [5.41, 5.74) is 5.68. The SMILES string of the molecule is CCN(Cc1ccccn1)C(=O)c1cc(C)ccc1NN. The molecule has 1 heterocycles. The number of aryl methyl sites for hydroxylation is 1. The molecule has 0 aliphatic heterocycles. The summed E-state index contributed by atoms with van der Waals surface area (Å²) in [5.74, 6) is 5.44. The number of amides is 1. The molecule has 21 heavy (non-hydrogen) atoms. The van der Waals surface area contributed by atoms with Crippen LogP contribution in [0.25, 0.3) is 0 Å². The van der Waals surface area contributed by atoms with Gasteiger partial charge in [0.1, 0.15) is 0 Å². The van der Waals surface area contributed by atoms with Crippen LogP contribution in [0.15, 0.2) is 42.6 Å². The van der Waals surface area contributed by atoms with Crippen LogP contribution in [0.5, 0.6) is 0 Å². The first kappa shape index (κ1) is 15.0. The first-order valence-electron chi connectivity index (χ1n) is 6.92. The molecule has 1 aromatic carbocycles.